The van der Waals surface area contributed by atoms with Gasteiger partial charge in [0.15, 0.2) is 0 Å². The first-order valence-corrected chi connectivity index (χ1v) is 5.75. The Bertz CT molecular complexity index is 363. The number of carbonyl (C=O) groups is 1. The van der Waals surface area contributed by atoms with Gasteiger partial charge in [-0.25, -0.2) is 0 Å². The van der Waals surface area contributed by atoms with Gasteiger partial charge in [-0.05, 0) is 24.6 Å². The van der Waals surface area contributed by atoms with Gasteiger partial charge in [0.25, 0.3) is 0 Å². The Kier molecular flexibility index (Phi) is 3.07. The van der Waals surface area contributed by atoms with Gasteiger partial charge in [-0.1, -0.05) is 28.1 Å². The van der Waals surface area contributed by atoms with Crippen molar-refractivity contribution >= 4 is 21.8 Å². The molecular formula is C11H13BrN2O. The quantitative estimate of drug-likeness (QED) is 0.813. The van der Waals surface area contributed by atoms with Crippen molar-refractivity contribution in [3.05, 3.63) is 34.3 Å². The molecule has 1 aromatic carbocycles. The van der Waals surface area contributed by atoms with E-state index in [4.69, 9.17) is 0 Å². The van der Waals surface area contributed by atoms with Crippen molar-refractivity contribution in [2.24, 2.45) is 0 Å². The molecule has 0 spiro atoms. The van der Waals surface area contributed by atoms with Gasteiger partial charge in [-0.3, -0.25) is 4.79 Å². The minimum atomic E-state index is -0.214. The van der Waals surface area contributed by atoms with Crippen LogP contribution >= 0.6 is 15.9 Å². The van der Waals surface area contributed by atoms with E-state index in [-0.39, 0.29) is 18.0 Å². The van der Waals surface area contributed by atoms with Crippen LogP contribution < -0.4 is 10.6 Å². The number of hydrogen-bond donors (Lipinski definition) is 2. The molecular weight excluding hydrogens is 256 g/mol. The number of halogens is 1. The first kappa shape index (κ1) is 10.6. The van der Waals surface area contributed by atoms with E-state index < -0.39 is 0 Å². The summed E-state index contributed by atoms with van der Waals surface area (Å²) in [5.41, 5.74) is 1.00. The van der Waals surface area contributed by atoms with Crippen molar-refractivity contribution in [2.45, 2.75) is 19.0 Å². The standard InChI is InChI=1S/C11H13BrN2O/c1-7-6-13-10(11(15)14-7)8-2-4-9(12)5-3-8/h2-5,7,10,13H,6H2,1H3,(H,14,15)/t7-,10+/m1/s1. The van der Waals surface area contributed by atoms with Gasteiger partial charge in [0.2, 0.25) is 5.91 Å². The lowest BCUT2D eigenvalue weighted by Gasteiger charge is -2.28. The maximum absolute atomic E-state index is 11.7. The first-order chi connectivity index (χ1) is 7.16. The molecule has 1 aliphatic heterocycles. The van der Waals surface area contributed by atoms with Crippen molar-refractivity contribution in [1.29, 1.82) is 0 Å². The fourth-order valence-corrected chi connectivity index (χ4v) is 1.95. The predicted molar refractivity (Wildman–Crippen MR) is 62.5 cm³/mol. The number of hydrogen-bond acceptors (Lipinski definition) is 2. The molecule has 4 heteroatoms. The molecule has 1 amide bonds. The van der Waals surface area contributed by atoms with Crippen molar-refractivity contribution in [1.82, 2.24) is 10.6 Å². The monoisotopic (exact) mass is 268 g/mol. The highest BCUT2D eigenvalue weighted by Gasteiger charge is 2.26. The molecule has 1 saturated heterocycles. The first-order valence-electron chi connectivity index (χ1n) is 4.96. The number of carbonyl (C=O) groups excluding carboxylic acids is 1. The summed E-state index contributed by atoms with van der Waals surface area (Å²) in [4.78, 5) is 11.7. The van der Waals surface area contributed by atoms with Crippen LogP contribution in [0.25, 0.3) is 0 Å². The SMILES string of the molecule is C[C@@H]1CN[C@@H](c2ccc(Br)cc2)C(=O)N1. The van der Waals surface area contributed by atoms with Crippen LogP contribution in [-0.4, -0.2) is 18.5 Å². The largest absolute Gasteiger partial charge is 0.351 e. The Morgan fingerprint density at radius 3 is 2.60 bits per heavy atom. The number of rotatable bonds is 1. The summed E-state index contributed by atoms with van der Waals surface area (Å²) in [7, 11) is 0. The Morgan fingerprint density at radius 1 is 1.33 bits per heavy atom. The summed E-state index contributed by atoms with van der Waals surface area (Å²) in [6.07, 6.45) is 0. The number of amides is 1. The molecule has 0 aliphatic carbocycles. The fraction of sp³-hybridized carbons (Fsp3) is 0.364. The van der Waals surface area contributed by atoms with E-state index >= 15 is 0 Å². The topological polar surface area (TPSA) is 41.1 Å². The highest BCUT2D eigenvalue weighted by molar-refractivity contribution is 9.10. The van der Waals surface area contributed by atoms with E-state index in [1.165, 1.54) is 0 Å². The molecule has 0 radical (unpaired) electrons. The summed E-state index contributed by atoms with van der Waals surface area (Å²) >= 11 is 3.37. The Morgan fingerprint density at radius 2 is 2.00 bits per heavy atom. The molecule has 80 valence electrons. The summed E-state index contributed by atoms with van der Waals surface area (Å²) in [5, 5.41) is 6.16. The van der Waals surface area contributed by atoms with Gasteiger partial charge in [0, 0.05) is 17.1 Å². The second-order valence-corrected chi connectivity index (χ2v) is 4.72. The fourth-order valence-electron chi connectivity index (χ4n) is 1.69. The van der Waals surface area contributed by atoms with E-state index in [1.807, 2.05) is 31.2 Å². The maximum Gasteiger partial charge on any atom is 0.241 e. The van der Waals surface area contributed by atoms with Gasteiger partial charge < -0.3 is 10.6 Å². The number of piperazine rings is 1. The van der Waals surface area contributed by atoms with Crippen LogP contribution in [0.1, 0.15) is 18.5 Å². The third-order valence-electron chi connectivity index (χ3n) is 2.48. The Balaban J connectivity index is 2.17. The summed E-state index contributed by atoms with van der Waals surface area (Å²) in [5.74, 6) is 0.0519. The molecule has 1 heterocycles. The second-order valence-electron chi connectivity index (χ2n) is 3.80. The highest BCUT2D eigenvalue weighted by Crippen LogP contribution is 2.18. The van der Waals surface area contributed by atoms with E-state index in [0.717, 1.165) is 16.6 Å². The van der Waals surface area contributed by atoms with Crippen molar-refractivity contribution in [3.63, 3.8) is 0 Å². The zero-order chi connectivity index (χ0) is 10.8. The third-order valence-corrected chi connectivity index (χ3v) is 3.01. The second kappa shape index (κ2) is 4.33. The van der Waals surface area contributed by atoms with E-state index in [9.17, 15) is 4.79 Å². The summed E-state index contributed by atoms with van der Waals surface area (Å²) in [6.45, 7) is 2.80. The smallest absolute Gasteiger partial charge is 0.241 e. The van der Waals surface area contributed by atoms with Crippen LogP contribution in [0.2, 0.25) is 0 Å². The molecule has 3 nitrogen and oxygen atoms in total. The van der Waals surface area contributed by atoms with Crippen LogP contribution in [0.3, 0.4) is 0 Å². The van der Waals surface area contributed by atoms with Crippen molar-refractivity contribution < 1.29 is 4.79 Å². The van der Waals surface area contributed by atoms with Crippen LogP contribution in [-0.2, 0) is 4.79 Å². The zero-order valence-corrected chi connectivity index (χ0v) is 10.0. The van der Waals surface area contributed by atoms with Crippen molar-refractivity contribution in [2.75, 3.05) is 6.54 Å². The molecule has 15 heavy (non-hydrogen) atoms. The third kappa shape index (κ3) is 2.38. The minimum absolute atomic E-state index is 0.0519. The van der Waals surface area contributed by atoms with E-state index in [1.54, 1.807) is 0 Å². The molecule has 2 N–H and O–H groups in total. The molecule has 2 atom stereocenters. The zero-order valence-electron chi connectivity index (χ0n) is 8.46. The van der Waals surface area contributed by atoms with Crippen LogP contribution in [0.4, 0.5) is 0 Å². The van der Waals surface area contributed by atoms with Gasteiger partial charge in [-0.2, -0.15) is 0 Å². The number of benzene rings is 1. The van der Waals surface area contributed by atoms with Crippen LogP contribution in [0.15, 0.2) is 28.7 Å². The lowest BCUT2D eigenvalue weighted by Crippen LogP contribution is -2.52. The van der Waals surface area contributed by atoms with Crippen LogP contribution in [0, 0.1) is 0 Å². The molecule has 2 rings (SSSR count). The van der Waals surface area contributed by atoms with E-state index in [0.29, 0.717) is 0 Å². The highest BCUT2D eigenvalue weighted by atomic mass is 79.9. The number of nitrogens with one attached hydrogen (secondary N) is 2. The molecule has 0 unspecified atom stereocenters. The molecule has 1 fully saturated rings. The molecule has 1 aromatic rings. The lowest BCUT2D eigenvalue weighted by molar-refractivity contribution is -0.125. The van der Waals surface area contributed by atoms with Crippen molar-refractivity contribution in [3.8, 4) is 0 Å². The van der Waals surface area contributed by atoms with E-state index in [2.05, 4.69) is 26.6 Å². The lowest BCUT2D eigenvalue weighted by atomic mass is 10.0. The van der Waals surface area contributed by atoms with Gasteiger partial charge in [0.05, 0.1) is 0 Å². The molecule has 0 bridgehead atoms. The van der Waals surface area contributed by atoms with Gasteiger partial charge in [0.1, 0.15) is 6.04 Å². The van der Waals surface area contributed by atoms with Crippen LogP contribution in [0.5, 0.6) is 0 Å². The predicted octanol–water partition coefficient (Wildman–Crippen LogP) is 1.60. The molecule has 0 saturated carbocycles. The van der Waals surface area contributed by atoms with Gasteiger partial charge in [-0.15, -0.1) is 0 Å². The Hall–Kier alpha value is -0.870. The average Bonchev–Trinajstić information content (AvgIpc) is 2.20. The normalized spacial score (nSPS) is 26.1. The Labute approximate surface area is 97.4 Å². The summed E-state index contributed by atoms with van der Waals surface area (Å²) in [6, 6.07) is 7.80. The maximum atomic E-state index is 11.7. The molecule has 1 aliphatic rings. The minimum Gasteiger partial charge on any atom is -0.351 e. The van der Waals surface area contributed by atoms with Gasteiger partial charge >= 0.3 is 0 Å². The summed E-state index contributed by atoms with van der Waals surface area (Å²) < 4.78 is 1.02. The molecule has 0 aromatic heterocycles. The average molecular weight is 269 g/mol.